The molecule has 0 radical (unpaired) electrons. The molecule has 15 heavy (non-hydrogen) atoms. The van der Waals surface area contributed by atoms with E-state index in [-0.39, 0.29) is 0 Å². The van der Waals surface area contributed by atoms with Crippen LogP contribution in [0.4, 0.5) is 0 Å². The fourth-order valence-corrected chi connectivity index (χ4v) is 7.30. The fraction of sp³-hybridized carbons (Fsp3) is 0. The van der Waals surface area contributed by atoms with Crippen LogP contribution in [0.3, 0.4) is 0 Å². The average molecular weight is 325 g/mol. The molecule has 0 aromatic heterocycles. The maximum atomic E-state index is 6.58. The van der Waals surface area contributed by atoms with E-state index in [0.29, 0.717) is 0 Å². The summed E-state index contributed by atoms with van der Waals surface area (Å²) in [5, 5.41) is 0. The quantitative estimate of drug-likeness (QED) is 0.675. The van der Waals surface area contributed by atoms with Gasteiger partial charge < -0.3 is 0 Å². The average Bonchev–Trinajstić information content (AvgIpc) is 2.30. The van der Waals surface area contributed by atoms with E-state index >= 15 is 0 Å². The molecule has 2 aromatic rings. The Hall–Kier alpha value is -0.652. The SMILES string of the molecule is [Cl][Sb]1[c]2ccccc2Oc2cccc[c]21. The molecule has 1 nitrogen and oxygen atoms in total. The van der Waals surface area contributed by atoms with Gasteiger partial charge in [0.2, 0.25) is 0 Å². The Morgan fingerprint density at radius 3 is 1.80 bits per heavy atom. The third kappa shape index (κ3) is 1.55. The Morgan fingerprint density at radius 2 is 1.27 bits per heavy atom. The molecule has 2 aromatic carbocycles. The minimum absolute atomic E-state index is 0.939. The predicted octanol–water partition coefficient (Wildman–Crippen LogP) is 2.14. The molecule has 0 amide bonds. The monoisotopic (exact) mass is 324 g/mol. The number of halogens is 1. The topological polar surface area (TPSA) is 9.23 Å². The molecule has 0 saturated heterocycles. The van der Waals surface area contributed by atoms with Crippen LogP contribution >= 0.6 is 8.83 Å². The van der Waals surface area contributed by atoms with Crippen molar-refractivity contribution in [1.82, 2.24) is 0 Å². The number of benzene rings is 2. The van der Waals surface area contributed by atoms with Gasteiger partial charge in [0.05, 0.1) is 0 Å². The molecule has 3 rings (SSSR count). The second kappa shape index (κ2) is 3.73. The molecule has 0 aliphatic carbocycles. The van der Waals surface area contributed by atoms with Gasteiger partial charge in [-0.25, -0.2) is 0 Å². The summed E-state index contributed by atoms with van der Waals surface area (Å²) in [5.41, 5.74) is 0. The summed E-state index contributed by atoms with van der Waals surface area (Å²) in [6.45, 7) is 0. The van der Waals surface area contributed by atoms with Gasteiger partial charge in [0.25, 0.3) is 0 Å². The molecule has 0 atom stereocenters. The second-order valence-electron chi connectivity index (χ2n) is 3.32. The molecule has 0 fully saturated rings. The second-order valence-corrected chi connectivity index (χ2v) is 9.94. The van der Waals surface area contributed by atoms with Crippen LogP contribution in [0.15, 0.2) is 48.5 Å². The van der Waals surface area contributed by atoms with Gasteiger partial charge in [-0.2, -0.15) is 0 Å². The zero-order valence-corrected chi connectivity index (χ0v) is 11.2. The first-order chi connectivity index (χ1) is 7.36. The summed E-state index contributed by atoms with van der Waals surface area (Å²) in [7, 11) is 6.58. The van der Waals surface area contributed by atoms with Crippen molar-refractivity contribution in [3.63, 3.8) is 0 Å². The summed E-state index contributed by atoms with van der Waals surface area (Å²) < 4.78 is 8.26. The van der Waals surface area contributed by atoms with E-state index in [2.05, 4.69) is 12.1 Å². The van der Waals surface area contributed by atoms with Crippen molar-refractivity contribution < 1.29 is 4.74 Å². The van der Waals surface area contributed by atoms with E-state index in [1.165, 1.54) is 7.02 Å². The van der Waals surface area contributed by atoms with Crippen LogP contribution in [0.2, 0.25) is 0 Å². The molecule has 0 saturated carbocycles. The predicted molar refractivity (Wildman–Crippen MR) is 63.8 cm³/mol. The summed E-state index contributed by atoms with van der Waals surface area (Å²) in [5.74, 6) is 1.88. The summed E-state index contributed by atoms with van der Waals surface area (Å²) in [4.78, 5) is 0. The summed E-state index contributed by atoms with van der Waals surface area (Å²) in [6, 6.07) is 16.2. The van der Waals surface area contributed by atoms with Crippen molar-refractivity contribution in [3.8, 4) is 11.5 Å². The zero-order chi connectivity index (χ0) is 10.3. The van der Waals surface area contributed by atoms with Crippen molar-refractivity contribution in [3.05, 3.63) is 48.5 Å². The Labute approximate surface area is 99.3 Å². The molecule has 3 heteroatoms. The summed E-state index contributed by atoms with van der Waals surface area (Å²) >= 11 is -2.00. The van der Waals surface area contributed by atoms with E-state index in [9.17, 15) is 0 Å². The van der Waals surface area contributed by atoms with Gasteiger partial charge in [0.15, 0.2) is 0 Å². The Bertz CT molecular complexity index is 467. The minimum atomic E-state index is -2.00. The first-order valence-corrected chi connectivity index (χ1v) is 10.5. The molecule has 0 N–H and O–H groups in total. The van der Waals surface area contributed by atoms with Gasteiger partial charge in [-0.3, -0.25) is 0 Å². The van der Waals surface area contributed by atoms with Crippen LogP contribution in [0.5, 0.6) is 11.5 Å². The van der Waals surface area contributed by atoms with Crippen LogP contribution in [0.25, 0.3) is 0 Å². The standard InChI is InChI=1S/C12H8O.ClH.Sb/c1-3-7-11(8-4-1)13-12-9-5-2-6-10-12;;/h1-7,9H;1H;/q;;+1/p-1. The van der Waals surface area contributed by atoms with E-state index in [1.54, 1.807) is 0 Å². The van der Waals surface area contributed by atoms with Crippen molar-refractivity contribution in [2.75, 3.05) is 0 Å². The number of hydrogen-bond donors (Lipinski definition) is 0. The fourth-order valence-electron chi connectivity index (χ4n) is 1.66. The molecule has 74 valence electrons. The normalized spacial score (nSPS) is 13.9. The number of rotatable bonds is 0. The number of para-hydroxylation sites is 2. The van der Waals surface area contributed by atoms with Crippen LogP contribution < -0.4 is 11.8 Å². The van der Waals surface area contributed by atoms with Gasteiger partial charge in [-0.15, -0.1) is 0 Å². The Kier molecular flexibility index (Phi) is 2.38. The first-order valence-electron chi connectivity index (χ1n) is 4.68. The maximum absolute atomic E-state index is 6.58. The Balaban J connectivity index is 2.20. The number of hydrogen-bond acceptors (Lipinski definition) is 1. The van der Waals surface area contributed by atoms with Gasteiger partial charge >= 0.3 is 99.7 Å². The molecular weight excluding hydrogens is 317 g/mol. The van der Waals surface area contributed by atoms with E-state index in [0.717, 1.165) is 11.5 Å². The van der Waals surface area contributed by atoms with Crippen molar-refractivity contribution in [2.24, 2.45) is 0 Å². The van der Waals surface area contributed by atoms with Crippen LogP contribution in [0, 0.1) is 0 Å². The summed E-state index contributed by atoms with van der Waals surface area (Å²) in [6.07, 6.45) is 0. The van der Waals surface area contributed by atoms with E-state index < -0.39 is 19.1 Å². The van der Waals surface area contributed by atoms with Crippen LogP contribution in [-0.2, 0) is 0 Å². The van der Waals surface area contributed by atoms with Gasteiger partial charge in [0, 0.05) is 0 Å². The Morgan fingerprint density at radius 1 is 0.800 bits per heavy atom. The zero-order valence-electron chi connectivity index (χ0n) is 7.85. The van der Waals surface area contributed by atoms with E-state index in [4.69, 9.17) is 13.6 Å². The van der Waals surface area contributed by atoms with E-state index in [1.807, 2.05) is 36.4 Å². The van der Waals surface area contributed by atoms with Crippen LogP contribution in [-0.4, -0.2) is 19.1 Å². The molecule has 1 aliphatic rings. The van der Waals surface area contributed by atoms with Crippen molar-refractivity contribution in [1.29, 1.82) is 0 Å². The molecular formula is C12H8ClOSb. The third-order valence-corrected chi connectivity index (χ3v) is 9.34. The molecule has 1 heterocycles. The van der Waals surface area contributed by atoms with Crippen molar-refractivity contribution >= 4 is 34.9 Å². The van der Waals surface area contributed by atoms with Gasteiger partial charge in [-0.05, 0) is 0 Å². The van der Waals surface area contributed by atoms with Crippen molar-refractivity contribution in [2.45, 2.75) is 0 Å². The van der Waals surface area contributed by atoms with Gasteiger partial charge in [-0.1, -0.05) is 0 Å². The molecule has 0 bridgehead atoms. The van der Waals surface area contributed by atoms with Gasteiger partial charge in [0.1, 0.15) is 0 Å². The third-order valence-electron chi connectivity index (χ3n) is 2.37. The molecule has 1 aliphatic heterocycles. The number of ether oxygens (including phenoxy) is 1. The molecule has 0 unspecified atom stereocenters. The number of fused-ring (bicyclic) bond motifs is 2. The van der Waals surface area contributed by atoms with Crippen LogP contribution in [0.1, 0.15) is 0 Å². The first kappa shape index (κ1) is 9.57. The molecule has 0 spiro atoms.